The van der Waals surface area contributed by atoms with E-state index in [1.165, 1.54) is 16.5 Å². The zero-order valence-corrected chi connectivity index (χ0v) is 21.2. The van der Waals surface area contributed by atoms with E-state index in [1.807, 2.05) is 13.0 Å². The normalized spacial score (nSPS) is 11.1. The van der Waals surface area contributed by atoms with Crippen LogP contribution in [0.2, 0.25) is 10.0 Å². The maximum atomic E-state index is 13.5. The predicted molar refractivity (Wildman–Crippen MR) is 141 cm³/mol. The Morgan fingerprint density at radius 3 is 2.49 bits per heavy atom. The maximum absolute atomic E-state index is 13.5. The van der Waals surface area contributed by atoms with Crippen molar-refractivity contribution in [2.45, 2.75) is 20.5 Å². The topological polar surface area (TPSA) is 105 Å². The first-order valence-corrected chi connectivity index (χ1v) is 11.9. The van der Waals surface area contributed by atoms with Gasteiger partial charge in [-0.25, -0.2) is 9.67 Å². The number of halogens is 2. The highest BCUT2D eigenvalue weighted by Gasteiger charge is 2.19. The van der Waals surface area contributed by atoms with E-state index in [0.29, 0.717) is 44.1 Å². The summed E-state index contributed by atoms with van der Waals surface area (Å²) in [6, 6.07) is 16.5. The molecule has 0 amide bonds. The molecule has 0 bridgehead atoms. The van der Waals surface area contributed by atoms with Crippen molar-refractivity contribution in [1.29, 1.82) is 0 Å². The van der Waals surface area contributed by atoms with Crippen molar-refractivity contribution in [2.24, 2.45) is 0 Å². The lowest BCUT2D eigenvalue weighted by Gasteiger charge is -2.11. The Labute approximate surface area is 220 Å². The number of aryl methyl sites for hydroxylation is 2. The summed E-state index contributed by atoms with van der Waals surface area (Å²) in [6.07, 6.45) is 1.62. The molecule has 0 spiro atoms. The first kappa shape index (κ1) is 24.5. The molecule has 3 aromatic heterocycles. The fraction of sp³-hybridized carbons (Fsp3) is 0.115. The molecule has 5 aromatic rings. The lowest BCUT2D eigenvalue weighted by atomic mass is 10.1. The molecule has 0 radical (unpaired) electrons. The monoisotopic (exact) mass is 535 g/mol. The molecule has 9 nitrogen and oxygen atoms in total. The number of benzene rings is 2. The third-order valence-corrected chi connectivity index (χ3v) is 6.57. The molecule has 2 aromatic carbocycles. The number of nitro groups is 1. The number of rotatable bonds is 6. The Balaban J connectivity index is 1.50. The van der Waals surface area contributed by atoms with Gasteiger partial charge >= 0.3 is 0 Å². The summed E-state index contributed by atoms with van der Waals surface area (Å²) in [5.41, 5.74) is 3.67. The fourth-order valence-electron chi connectivity index (χ4n) is 4.00. The molecule has 0 fully saturated rings. The van der Waals surface area contributed by atoms with Crippen LogP contribution < -0.4 is 10.3 Å². The summed E-state index contributed by atoms with van der Waals surface area (Å²) in [7, 11) is 0. The van der Waals surface area contributed by atoms with Gasteiger partial charge in [0.1, 0.15) is 12.3 Å². The molecule has 37 heavy (non-hydrogen) atoms. The molecule has 0 atom stereocenters. The molecule has 0 aliphatic heterocycles. The standard InChI is InChI=1S/C26H19Cl2N5O4/c1-15-12-22(30-32(15)19-9-10-20(27)21(28)13-19)24-16(2)29-25-23(4-3-11-31(25)26(24)34)37-14-17-5-7-18(8-6-17)33(35)36/h3-13H,14H2,1-2H3. The molecule has 0 unspecified atom stereocenters. The fourth-order valence-corrected chi connectivity index (χ4v) is 4.29. The van der Waals surface area contributed by atoms with Crippen LogP contribution in [0.3, 0.4) is 0 Å². The minimum Gasteiger partial charge on any atom is -0.485 e. The van der Waals surface area contributed by atoms with E-state index in [2.05, 4.69) is 10.1 Å². The first-order valence-electron chi connectivity index (χ1n) is 11.1. The summed E-state index contributed by atoms with van der Waals surface area (Å²) < 4.78 is 9.04. The molecule has 5 rings (SSSR count). The smallest absolute Gasteiger partial charge is 0.269 e. The van der Waals surface area contributed by atoms with Crippen LogP contribution in [0.5, 0.6) is 5.75 Å². The Bertz CT molecular complexity index is 1730. The highest BCUT2D eigenvalue weighted by Crippen LogP contribution is 2.28. The predicted octanol–water partition coefficient (Wildman–Crippen LogP) is 5.96. The van der Waals surface area contributed by atoms with Crippen LogP contribution in [-0.4, -0.2) is 24.1 Å². The first-order chi connectivity index (χ1) is 17.7. The number of nitro benzene ring substituents is 1. The van der Waals surface area contributed by atoms with Gasteiger partial charge in [-0.2, -0.15) is 5.10 Å². The Morgan fingerprint density at radius 1 is 1.03 bits per heavy atom. The average molecular weight is 536 g/mol. The molecular weight excluding hydrogens is 517 g/mol. The van der Waals surface area contributed by atoms with E-state index in [0.717, 1.165) is 11.3 Å². The van der Waals surface area contributed by atoms with Crippen molar-refractivity contribution in [3.8, 4) is 22.7 Å². The summed E-state index contributed by atoms with van der Waals surface area (Å²) in [6.45, 7) is 3.78. The van der Waals surface area contributed by atoms with Crippen LogP contribution in [0.1, 0.15) is 17.0 Å². The molecule has 0 aliphatic carbocycles. The lowest BCUT2D eigenvalue weighted by Crippen LogP contribution is -2.19. The zero-order valence-electron chi connectivity index (χ0n) is 19.7. The SMILES string of the molecule is Cc1nc2c(OCc3ccc([N+](=O)[O-])cc3)cccn2c(=O)c1-c1cc(C)n(-c2ccc(Cl)c(Cl)c2)n1. The average Bonchev–Trinajstić information content (AvgIpc) is 3.25. The van der Waals surface area contributed by atoms with Gasteiger partial charge in [0.05, 0.1) is 31.9 Å². The Morgan fingerprint density at radius 2 is 1.78 bits per heavy atom. The van der Waals surface area contributed by atoms with Gasteiger partial charge in [-0.1, -0.05) is 23.2 Å². The number of aromatic nitrogens is 4. The van der Waals surface area contributed by atoms with Gasteiger partial charge in [-0.15, -0.1) is 0 Å². The van der Waals surface area contributed by atoms with Gasteiger partial charge in [0.25, 0.3) is 11.2 Å². The maximum Gasteiger partial charge on any atom is 0.269 e. The molecule has 3 heterocycles. The third kappa shape index (κ3) is 4.66. The molecule has 0 saturated heterocycles. The summed E-state index contributed by atoms with van der Waals surface area (Å²) >= 11 is 12.2. The van der Waals surface area contributed by atoms with Crippen molar-refractivity contribution < 1.29 is 9.66 Å². The van der Waals surface area contributed by atoms with Crippen molar-refractivity contribution in [3.05, 3.63) is 114 Å². The second kappa shape index (κ2) is 9.68. The van der Waals surface area contributed by atoms with E-state index < -0.39 is 4.92 Å². The number of fused-ring (bicyclic) bond motifs is 1. The van der Waals surface area contributed by atoms with Gasteiger partial charge in [-0.05, 0) is 67.9 Å². The van der Waals surface area contributed by atoms with Crippen molar-refractivity contribution >= 4 is 34.5 Å². The van der Waals surface area contributed by atoms with E-state index in [1.54, 1.807) is 60.3 Å². The largest absolute Gasteiger partial charge is 0.485 e. The van der Waals surface area contributed by atoms with Crippen LogP contribution in [0, 0.1) is 24.0 Å². The second-order valence-electron chi connectivity index (χ2n) is 8.34. The number of hydrogen-bond donors (Lipinski definition) is 0. The lowest BCUT2D eigenvalue weighted by molar-refractivity contribution is -0.384. The van der Waals surface area contributed by atoms with E-state index in [4.69, 9.17) is 27.9 Å². The van der Waals surface area contributed by atoms with Gasteiger partial charge in [-0.3, -0.25) is 19.3 Å². The van der Waals surface area contributed by atoms with Crippen LogP contribution in [0.25, 0.3) is 22.6 Å². The van der Waals surface area contributed by atoms with Crippen LogP contribution in [-0.2, 0) is 6.61 Å². The van der Waals surface area contributed by atoms with Crippen LogP contribution in [0.4, 0.5) is 5.69 Å². The molecule has 11 heteroatoms. The number of non-ortho nitro benzene ring substituents is 1. The van der Waals surface area contributed by atoms with Crippen LogP contribution >= 0.6 is 23.2 Å². The minimum absolute atomic E-state index is 0.00197. The molecule has 0 saturated carbocycles. The molecule has 0 N–H and O–H groups in total. The highest BCUT2D eigenvalue weighted by molar-refractivity contribution is 6.42. The van der Waals surface area contributed by atoms with Gasteiger partial charge in [0.2, 0.25) is 0 Å². The Kier molecular flexibility index (Phi) is 6.41. The Hall–Kier alpha value is -4.21. The summed E-state index contributed by atoms with van der Waals surface area (Å²) in [4.78, 5) is 28.6. The van der Waals surface area contributed by atoms with E-state index in [9.17, 15) is 14.9 Å². The number of ether oxygens (including phenoxy) is 1. The molecule has 0 aliphatic rings. The van der Waals surface area contributed by atoms with Crippen molar-refractivity contribution in [1.82, 2.24) is 19.2 Å². The third-order valence-electron chi connectivity index (χ3n) is 5.83. The highest BCUT2D eigenvalue weighted by atomic mass is 35.5. The van der Waals surface area contributed by atoms with Crippen molar-refractivity contribution in [2.75, 3.05) is 0 Å². The number of hydrogen-bond acceptors (Lipinski definition) is 6. The van der Waals surface area contributed by atoms with E-state index in [-0.39, 0.29) is 17.9 Å². The van der Waals surface area contributed by atoms with E-state index >= 15 is 0 Å². The minimum atomic E-state index is -0.457. The quantitative estimate of drug-likeness (QED) is 0.196. The van der Waals surface area contributed by atoms with Gasteiger partial charge in [0, 0.05) is 24.0 Å². The van der Waals surface area contributed by atoms with Gasteiger partial charge < -0.3 is 4.74 Å². The number of pyridine rings is 1. The van der Waals surface area contributed by atoms with Crippen LogP contribution in [0.15, 0.2) is 71.7 Å². The second-order valence-corrected chi connectivity index (χ2v) is 9.15. The van der Waals surface area contributed by atoms with Crippen molar-refractivity contribution in [3.63, 3.8) is 0 Å². The summed E-state index contributed by atoms with van der Waals surface area (Å²) in [5.74, 6) is 0.408. The summed E-state index contributed by atoms with van der Waals surface area (Å²) in [5, 5.41) is 16.4. The van der Waals surface area contributed by atoms with Gasteiger partial charge in [0.15, 0.2) is 11.4 Å². The molecule has 186 valence electrons. The zero-order chi connectivity index (χ0) is 26.3. The molecular formula is C26H19Cl2N5O4. The number of nitrogens with zero attached hydrogens (tertiary/aromatic N) is 5.